The Balaban J connectivity index is 2.06. The third kappa shape index (κ3) is 5.31. The van der Waals surface area contributed by atoms with Gasteiger partial charge in [0.1, 0.15) is 5.75 Å². The highest BCUT2D eigenvalue weighted by molar-refractivity contribution is 5.26. The third-order valence-corrected chi connectivity index (χ3v) is 4.19. The van der Waals surface area contributed by atoms with Crippen molar-refractivity contribution in [3.63, 3.8) is 0 Å². The average molecular weight is 290 g/mol. The molecule has 1 atom stereocenters. The van der Waals surface area contributed by atoms with Gasteiger partial charge in [0.15, 0.2) is 0 Å². The van der Waals surface area contributed by atoms with Crippen molar-refractivity contribution in [1.29, 1.82) is 0 Å². The van der Waals surface area contributed by atoms with E-state index < -0.39 is 0 Å². The molecule has 1 N–H and O–H groups in total. The monoisotopic (exact) mass is 290 g/mol. The zero-order chi connectivity index (χ0) is 15.1. The number of hydrogen-bond acceptors (Lipinski definition) is 3. The minimum absolute atomic E-state index is 0.193. The van der Waals surface area contributed by atoms with Crippen LogP contribution in [0.25, 0.3) is 0 Å². The molecule has 0 radical (unpaired) electrons. The number of nitrogens with one attached hydrogen (secondary N) is 1. The molecule has 118 valence electrons. The van der Waals surface area contributed by atoms with Crippen LogP contribution < -0.4 is 10.1 Å². The van der Waals surface area contributed by atoms with Crippen LogP contribution in [0, 0.1) is 5.92 Å². The van der Waals surface area contributed by atoms with E-state index in [1.54, 1.807) is 0 Å². The highest BCUT2D eigenvalue weighted by Gasteiger charge is 2.21. The molecule has 1 aromatic heterocycles. The van der Waals surface area contributed by atoms with Crippen LogP contribution in [0.4, 0.5) is 0 Å². The molecule has 1 aromatic rings. The summed E-state index contributed by atoms with van der Waals surface area (Å²) in [5.74, 6) is 1.76. The Hall–Kier alpha value is -1.09. The molecule has 0 bridgehead atoms. The summed E-state index contributed by atoms with van der Waals surface area (Å²) in [6.07, 6.45) is 12.0. The quantitative estimate of drug-likeness (QED) is 0.766. The van der Waals surface area contributed by atoms with Crippen molar-refractivity contribution in [2.24, 2.45) is 5.92 Å². The molecule has 0 aromatic carbocycles. The second-order valence-electron chi connectivity index (χ2n) is 6.51. The predicted octanol–water partition coefficient (Wildman–Crippen LogP) is 4.49. The van der Waals surface area contributed by atoms with Gasteiger partial charge in [-0.05, 0) is 50.8 Å². The van der Waals surface area contributed by atoms with Gasteiger partial charge in [0.25, 0.3) is 0 Å². The lowest BCUT2D eigenvalue weighted by Gasteiger charge is -2.23. The third-order valence-electron chi connectivity index (χ3n) is 4.19. The Morgan fingerprint density at radius 2 is 2.05 bits per heavy atom. The normalized spacial score (nSPS) is 17.3. The first-order valence-corrected chi connectivity index (χ1v) is 8.54. The summed E-state index contributed by atoms with van der Waals surface area (Å²) >= 11 is 0. The molecule has 0 amide bonds. The van der Waals surface area contributed by atoms with Crippen LogP contribution in [0.15, 0.2) is 18.5 Å². The van der Waals surface area contributed by atoms with Gasteiger partial charge in [-0.25, -0.2) is 0 Å². The van der Waals surface area contributed by atoms with Crippen molar-refractivity contribution in [2.75, 3.05) is 6.54 Å². The van der Waals surface area contributed by atoms with Gasteiger partial charge in [-0.2, -0.15) is 0 Å². The van der Waals surface area contributed by atoms with E-state index in [2.05, 4.69) is 37.1 Å². The molecule has 21 heavy (non-hydrogen) atoms. The van der Waals surface area contributed by atoms with Crippen LogP contribution in [0.5, 0.6) is 5.75 Å². The van der Waals surface area contributed by atoms with Crippen LogP contribution in [0.2, 0.25) is 0 Å². The topological polar surface area (TPSA) is 34.2 Å². The minimum atomic E-state index is 0.193. The van der Waals surface area contributed by atoms with Gasteiger partial charge < -0.3 is 10.1 Å². The zero-order valence-corrected chi connectivity index (χ0v) is 13.8. The van der Waals surface area contributed by atoms with E-state index in [9.17, 15) is 0 Å². The summed E-state index contributed by atoms with van der Waals surface area (Å²) < 4.78 is 5.79. The van der Waals surface area contributed by atoms with Gasteiger partial charge >= 0.3 is 0 Å². The molecule has 0 saturated heterocycles. The van der Waals surface area contributed by atoms with Crippen molar-refractivity contribution in [3.8, 4) is 5.75 Å². The van der Waals surface area contributed by atoms with Crippen LogP contribution in [-0.4, -0.2) is 17.6 Å². The number of aromatic nitrogens is 1. The molecular formula is C18H30N2O. The van der Waals surface area contributed by atoms with E-state index in [4.69, 9.17) is 4.74 Å². The molecule has 1 aliphatic carbocycles. The van der Waals surface area contributed by atoms with E-state index in [0.29, 0.717) is 6.04 Å². The smallest absolute Gasteiger partial charge is 0.138 e. The summed E-state index contributed by atoms with van der Waals surface area (Å²) in [5.41, 5.74) is 1.27. The minimum Gasteiger partial charge on any atom is -0.489 e. The van der Waals surface area contributed by atoms with Gasteiger partial charge in [0.2, 0.25) is 0 Å². The average Bonchev–Trinajstić information content (AvgIpc) is 2.96. The Morgan fingerprint density at radius 3 is 2.71 bits per heavy atom. The molecular weight excluding hydrogens is 260 g/mol. The number of rotatable bonds is 8. The van der Waals surface area contributed by atoms with E-state index in [1.807, 2.05) is 12.4 Å². The molecule has 3 nitrogen and oxygen atoms in total. The Kier molecular flexibility index (Phi) is 6.50. The fourth-order valence-electron chi connectivity index (χ4n) is 3.20. The second kappa shape index (κ2) is 8.38. The molecule has 2 rings (SSSR count). The van der Waals surface area contributed by atoms with E-state index >= 15 is 0 Å². The summed E-state index contributed by atoms with van der Waals surface area (Å²) in [6, 6.07) is 2.58. The van der Waals surface area contributed by atoms with E-state index in [-0.39, 0.29) is 6.10 Å². The Labute approximate surface area is 129 Å². The van der Waals surface area contributed by atoms with Crippen LogP contribution in [0.3, 0.4) is 0 Å². The zero-order valence-electron chi connectivity index (χ0n) is 13.8. The van der Waals surface area contributed by atoms with Crippen molar-refractivity contribution in [3.05, 3.63) is 24.0 Å². The fraction of sp³-hybridized carbons (Fsp3) is 0.722. The second-order valence-corrected chi connectivity index (χ2v) is 6.51. The lowest BCUT2D eigenvalue weighted by Crippen LogP contribution is -2.24. The standard InChI is InChI=1S/C18H30N2O/c1-4-9-20-18(10-15-7-5-6-8-15)16-11-17(13-19-12-16)21-14(2)3/h11-15,18,20H,4-10H2,1-3H3. The first-order chi connectivity index (χ1) is 10.2. The van der Waals surface area contributed by atoms with Gasteiger partial charge in [-0.1, -0.05) is 32.6 Å². The van der Waals surface area contributed by atoms with Gasteiger partial charge in [-0.3, -0.25) is 4.98 Å². The highest BCUT2D eigenvalue weighted by Crippen LogP contribution is 2.33. The number of nitrogens with zero attached hydrogens (tertiary/aromatic N) is 1. The maximum atomic E-state index is 5.79. The summed E-state index contributed by atoms with van der Waals surface area (Å²) in [7, 11) is 0. The maximum Gasteiger partial charge on any atom is 0.138 e. The summed E-state index contributed by atoms with van der Waals surface area (Å²) in [5, 5.41) is 3.70. The molecule has 1 heterocycles. The van der Waals surface area contributed by atoms with Crippen molar-refractivity contribution < 1.29 is 4.74 Å². The van der Waals surface area contributed by atoms with Crippen LogP contribution >= 0.6 is 0 Å². The molecule has 1 saturated carbocycles. The molecule has 1 fully saturated rings. The van der Waals surface area contributed by atoms with Crippen molar-refractivity contribution in [1.82, 2.24) is 10.3 Å². The largest absolute Gasteiger partial charge is 0.489 e. The van der Waals surface area contributed by atoms with Crippen LogP contribution in [-0.2, 0) is 0 Å². The predicted molar refractivity (Wildman–Crippen MR) is 87.6 cm³/mol. The van der Waals surface area contributed by atoms with Gasteiger partial charge in [0, 0.05) is 12.2 Å². The van der Waals surface area contributed by atoms with Crippen molar-refractivity contribution in [2.45, 2.75) is 71.4 Å². The number of hydrogen-bond donors (Lipinski definition) is 1. The first-order valence-electron chi connectivity index (χ1n) is 8.54. The summed E-state index contributed by atoms with van der Waals surface area (Å²) in [4.78, 5) is 4.38. The fourth-order valence-corrected chi connectivity index (χ4v) is 3.20. The first kappa shape index (κ1) is 16.3. The van der Waals surface area contributed by atoms with E-state index in [1.165, 1.54) is 37.7 Å². The molecule has 1 aliphatic rings. The van der Waals surface area contributed by atoms with Gasteiger partial charge in [-0.15, -0.1) is 0 Å². The van der Waals surface area contributed by atoms with Gasteiger partial charge in [0.05, 0.1) is 12.3 Å². The van der Waals surface area contributed by atoms with E-state index in [0.717, 1.165) is 24.6 Å². The lowest BCUT2D eigenvalue weighted by molar-refractivity contribution is 0.241. The number of pyridine rings is 1. The molecule has 0 aliphatic heterocycles. The summed E-state index contributed by atoms with van der Waals surface area (Å²) in [6.45, 7) is 7.39. The Bertz CT molecular complexity index is 413. The molecule has 3 heteroatoms. The van der Waals surface area contributed by atoms with Crippen LogP contribution in [0.1, 0.15) is 70.9 Å². The maximum absolute atomic E-state index is 5.79. The Morgan fingerprint density at radius 1 is 1.29 bits per heavy atom. The SMILES string of the molecule is CCCNC(CC1CCCC1)c1cncc(OC(C)C)c1. The lowest BCUT2D eigenvalue weighted by atomic mass is 9.94. The molecule has 0 spiro atoms. The van der Waals surface area contributed by atoms with Crippen molar-refractivity contribution >= 4 is 0 Å². The molecule has 1 unspecified atom stereocenters. The number of ether oxygens (including phenoxy) is 1. The highest BCUT2D eigenvalue weighted by atomic mass is 16.5.